The number of halogens is 1. The van der Waals surface area contributed by atoms with Crippen LogP contribution in [-0.4, -0.2) is 23.4 Å². The molecule has 1 aromatic carbocycles. The first-order chi connectivity index (χ1) is 9.72. The topological polar surface area (TPSA) is 41.5 Å². The third-order valence-corrected chi connectivity index (χ3v) is 4.90. The van der Waals surface area contributed by atoms with Gasteiger partial charge in [-0.2, -0.15) is 0 Å². The SMILES string of the molecule is OC1CCCCC1Oc1ccc(Br)c(CNC2CC2)c1. The summed E-state index contributed by atoms with van der Waals surface area (Å²) in [6.07, 6.45) is 6.29. The summed E-state index contributed by atoms with van der Waals surface area (Å²) in [5.41, 5.74) is 1.22. The van der Waals surface area contributed by atoms with E-state index in [4.69, 9.17) is 4.74 Å². The minimum absolute atomic E-state index is 0.0471. The van der Waals surface area contributed by atoms with Crippen molar-refractivity contribution in [2.24, 2.45) is 0 Å². The van der Waals surface area contributed by atoms with E-state index in [0.29, 0.717) is 6.04 Å². The van der Waals surface area contributed by atoms with Crippen LogP contribution >= 0.6 is 15.9 Å². The summed E-state index contributed by atoms with van der Waals surface area (Å²) >= 11 is 3.59. The van der Waals surface area contributed by atoms with Gasteiger partial charge in [0, 0.05) is 17.1 Å². The summed E-state index contributed by atoms with van der Waals surface area (Å²) in [5, 5.41) is 13.5. The number of aliphatic hydroxyl groups excluding tert-OH is 1. The third-order valence-electron chi connectivity index (χ3n) is 4.13. The van der Waals surface area contributed by atoms with E-state index in [1.165, 1.54) is 18.4 Å². The number of nitrogens with one attached hydrogen (secondary N) is 1. The van der Waals surface area contributed by atoms with Crippen LogP contribution in [0, 0.1) is 0 Å². The van der Waals surface area contributed by atoms with Crippen molar-refractivity contribution in [1.82, 2.24) is 5.32 Å². The summed E-state index contributed by atoms with van der Waals surface area (Å²) in [4.78, 5) is 0. The van der Waals surface area contributed by atoms with Crippen LogP contribution in [0.4, 0.5) is 0 Å². The smallest absolute Gasteiger partial charge is 0.124 e. The van der Waals surface area contributed by atoms with Gasteiger partial charge in [-0.3, -0.25) is 0 Å². The standard InChI is InChI=1S/C16H22BrNO2/c17-14-8-7-13(9-11(14)10-18-12-5-6-12)20-16-4-2-1-3-15(16)19/h7-9,12,15-16,18-19H,1-6,10H2. The lowest BCUT2D eigenvalue weighted by atomic mass is 9.95. The van der Waals surface area contributed by atoms with Crippen molar-refractivity contribution in [3.63, 3.8) is 0 Å². The first-order valence-corrected chi connectivity index (χ1v) is 8.38. The molecule has 2 aliphatic carbocycles. The van der Waals surface area contributed by atoms with E-state index in [1.54, 1.807) is 0 Å². The van der Waals surface area contributed by atoms with E-state index in [0.717, 1.165) is 42.5 Å². The second-order valence-corrected chi connectivity index (χ2v) is 6.77. The van der Waals surface area contributed by atoms with Gasteiger partial charge in [-0.25, -0.2) is 0 Å². The van der Waals surface area contributed by atoms with Gasteiger partial charge in [0.15, 0.2) is 0 Å². The minimum atomic E-state index is -0.319. The Morgan fingerprint density at radius 2 is 2.00 bits per heavy atom. The monoisotopic (exact) mass is 339 g/mol. The van der Waals surface area contributed by atoms with Crippen LogP contribution in [0.2, 0.25) is 0 Å². The quantitative estimate of drug-likeness (QED) is 0.863. The lowest BCUT2D eigenvalue weighted by Gasteiger charge is -2.28. The van der Waals surface area contributed by atoms with Crippen LogP contribution in [0.5, 0.6) is 5.75 Å². The Morgan fingerprint density at radius 1 is 1.20 bits per heavy atom. The van der Waals surface area contributed by atoms with Gasteiger partial charge in [0.05, 0.1) is 6.10 Å². The molecule has 2 N–H and O–H groups in total. The molecule has 2 saturated carbocycles. The molecular formula is C16H22BrNO2. The van der Waals surface area contributed by atoms with E-state index >= 15 is 0 Å². The van der Waals surface area contributed by atoms with Crippen LogP contribution in [0.25, 0.3) is 0 Å². The summed E-state index contributed by atoms with van der Waals surface area (Å²) in [5.74, 6) is 0.867. The predicted octanol–water partition coefficient (Wildman–Crippen LogP) is 3.38. The van der Waals surface area contributed by atoms with Gasteiger partial charge in [-0.05, 0) is 55.9 Å². The molecule has 2 unspecified atom stereocenters. The molecule has 3 rings (SSSR count). The van der Waals surface area contributed by atoms with Crippen molar-refractivity contribution in [2.75, 3.05) is 0 Å². The van der Waals surface area contributed by atoms with Crippen molar-refractivity contribution < 1.29 is 9.84 Å². The molecule has 0 aliphatic heterocycles. The zero-order chi connectivity index (χ0) is 13.9. The maximum atomic E-state index is 9.99. The molecule has 110 valence electrons. The average Bonchev–Trinajstić information content (AvgIpc) is 3.26. The highest BCUT2D eigenvalue weighted by Gasteiger charge is 2.25. The first kappa shape index (κ1) is 14.4. The van der Waals surface area contributed by atoms with Gasteiger partial charge in [0.1, 0.15) is 11.9 Å². The second kappa shape index (κ2) is 6.46. The summed E-state index contributed by atoms with van der Waals surface area (Å²) in [6, 6.07) is 6.80. The summed E-state index contributed by atoms with van der Waals surface area (Å²) in [7, 11) is 0. The summed E-state index contributed by atoms with van der Waals surface area (Å²) < 4.78 is 7.10. The van der Waals surface area contributed by atoms with Crippen molar-refractivity contribution in [2.45, 2.75) is 63.3 Å². The molecule has 0 radical (unpaired) electrons. The number of rotatable bonds is 5. The van der Waals surface area contributed by atoms with Gasteiger partial charge < -0.3 is 15.2 Å². The Kier molecular flexibility index (Phi) is 4.64. The highest BCUT2D eigenvalue weighted by molar-refractivity contribution is 9.10. The van der Waals surface area contributed by atoms with Gasteiger partial charge in [-0.15, -0.1) is 0 Å². The van der Waals surface area contributed by atoms with E-state index in [-0.39, 0.29) is 12.2 Å². The van der Waals surface area contributed by atoms with E-state index in [2.05, 4.69) is 27.3 Å². The highest BCUT2D eigenvalue weighted by Crippen LogP contribution is 2.28. The van der Waals surface area contributed by atoms with E-state index in [9.17, 15) is 5.11 Å². The summed E-state index contributed by atoms with van der Waals surface area (Å²) in [6.45, 7) is 0.871. The normalized spacial score (nSPS) is 26.5. The van der Waals surface area contributed by atoms with Gasteiger partial charge >= 0.3 is 0 Å². The predicted molar refractivity (Wildman–Crippen MR) is 82.9 cm³/mol. The van der Waals surface area contributed by atoms with Crippen molar-refractivity contribution in [1.29, 1.82) is 0 Å². The molecule has 4 heteroatoms. The fourth-order valence-corrected chi connectivity index (χ4v) is 3.08. The third kappa shape index (κ3) is 3.74. The molecule has 0 heterocycles. The van der Waals surface area contributed by atoms with Gasteiger partial charge in [0.2, 0.25) is 0 Å². The van der Waals surface area contributed by atoms with Crippen LogP contribution in [0.15, 0.2) is 22.7 Å². The molecule has 2 atom stereocenters. The average molecular weight is 340 g/mol. The maximum absolute atomic E-state index is 9.99. The zero-order valence-electron chi connectivity index (χ0n) is 11.6. The van der Waals surface area contributed by atoms with Crippen molar-refractivity contribution >= 4 is 15.9 Å². The Morgan fingerprint density at radius 3 is 2.75 bits per heavy atom. The Balaban J connectivity index is 1.64. The zero-order valence-corrected chi connectivity index (χ0v) is 13.2. The molecule has 0 bridgehead atoms. The lowest BCUT2D eigenvalue weighted by molar-refractivity contribution is 0.00683. The number of ether oxygens (including phenoxy) is 1. The van der Waals surface area contributed by atoms with Crippen molar-refractivity contribution in [3.8, 4) is 5.75 Å². The molecule has 0 aromatic heterocycles. The molecule has 2 aliphatic rings. The number of hydrogen-bond donors (Lipinski definition) is 2. The molecule has 0 amide bonds. The van der Waals surface area contributed by atoms with E-state index in [1.807, 2.05) is 12.1 Å². The fraction of sp³-hybridized carbons (Fsp3) is 0.625. The van der Waals surface area contributed by atoms with Crippen LogP contribution in [-0.2, 0) is 6.54 Å². The van der Waals surface area contributed by atoms with Gasteiger partial charge in [-0.1, -0.05) is 22.4 Å². The second-order valence-electron chi connectivity index (χ2n) is 5.92. The minimum Gasteiger partial charge on any atom is -0.488 e. The molecule has 2 fully saturated rings. The molecule has 20 heavy (non-hydrogen) atoms. The maximum Gasteiger partial charge on any atom is 0.124 e. The molecule has 0 spiro atoms. The fourth-order valence-electron chi connectivity index (χ4n) is 2.69. The van der Waals surface area contributed by atoms with E-state index < -0.39 is 0 Å². The highest BCUT2D eigenvalue weighted by atomic mass is 79.9. The lowest BCUT2D eigenvalue weighted by Crippen LogP contribution is -2.34. The number of hydrogen-bond acceptors (Lipinski definition) is 3. The van der Waals surface area contributed by atoms with Crippen LogP contribution < -0.4 is 10.1 Å². The largest absolute Gasteiger partial charge is 0.488 e. The Hall–Kier alpha value is -0.580. The number of aliphatic hydroxyl groups is 1. The Labute approximate surface area is 128 Å². The molecule has 1 aromatic rings. The molecule has 0 saturated heterocycles. The molecular weight excluding hydrogens is 318 g/mol. The van der Waals surface area contributed by atoms with Crippen molar-refractivity contribution in [3.05, 3.63) is 28.2 Å². The first-order valence-electron chi connectivity index (χ1n) is 7.59. The van der Waals surface area contributed by atoms with Gasteiger partial charge in [0.25, 0.3) is 0 Å². The van der Waals surface area contributed by atoms with Crippen LogP contribution in [0.1, 0.15) is 44.1 Å². The number of benzene rings is 1. The Bertz CT molecular complexity index is 462. The molecule has 3 nitrogen and oxygen atoms in total. The van der Waals surface area contributed by atoms with Crippen LogP contribution in [0.3, 0.4) is 0 Å².